The van der Waals surface area contributed by atoms with Gasteiger partial charge in [0.2, 0.25) is 0 Å². The molecule has 2 aromatic carbocycles. The van der Waals surface area contributed by atoms with Crippen molar-refractivity contribution in [2.45, 2.75) is 6.54 Å². The fourth-order valence-electron chi connectivity index (χ4n) is 3.02. The largest absolute Gasteiger partial charge is 0.378 e. The average molecular weight is 358 g/mol. The lowest BCUT2D eigenvalue weighted by molar-refractivity contribution is -0.918. The van der Waals surface area contributed by atoms with Crippen LogP contribution in [-0.2, 0) is 6.54 Å². The Balaban J connectivity index is 1.49. The lowest BCUT2D eigenvalue weighted by atomic mass is 10.2. The number of hydrazone groups is 1. The molecule has 1 aliphatic rings. The Morgan fingerprint density at radius 2 is 1.76 bits per heavy atom. The van der Waals surface area contributed by atoms with Gasteiger partial charge in [0.05, 0.1) is 32.4 Å². The molecule has 3 rings (SSSR count). The molecule has 0 spiro atoms. The lowest BCUT2D eigenvalue weighted by Gasteiger charge is -2.30. The van der Waals surface area contributed by atoms with E-state index in [9.17, 15) is 0 Å². The molecule has 2 aromatic rings. The molecule has 5 heteroatoms. The molecular weight excluding hydrogens is 332 g/mol. The van der Waals surface area contributed by atoms with Crippen molar-refractivity contribution >= 4 is 23.5 Å². The van der Waals surface area contributed by atoms with Crippen LogP contribution >= 0.6 is 11.6 Å². The number of halogens is 1. The van der Waals surface area contributed by atoms with Gasteiger partial charge in [-0.3, -0.25) is 5.01 Å². The normalized spacial score (nSPS) is 15.7. The van der Waals surface area contributed by atoms with Crippen LogP contribution in [0, 0.1) is 0 Å². The highest BCUT2D eigenvalue weighted by molar-refractivity contribution is 6.31. The molecule has 25 heavy (non-hydrogen) atoms. The molecule has 1 fully saturated rings. The van der Waals surface area contributed by atoms with Gasteiger partial charge in [-0.1, -0.05) is 41.9 Å². The fourth-order valence-corrected chi connectivity index (χ4v) is 3.22. The third-order valence-corrected chi connectivity index (χ3v) is 4.99. The van der Waals surface area contributed by atoms with Gasteiger partial charge < -0.3 is 9.80 Å². The number of quaternary nitrogens is 1. The first-order valence-electron chi connectivity index (χ1n) is 8.75. The molecule has 0 unspecified atom stereocenters. The van der Waals surface area contributed by atoms with Crippen LogP contribution in [0.2, 0.25) is 5.02 Å². The predicted octanol–water partition coefficient (Wildman–Crippen LogP) is 2.14. The van der Waals surface area contributed by atoms with Crippen LogP contribution in [-0.4, -0.2) is 51.5 Å². The zero-order valence-electron chi connectivity index (χ0n) is 15.0. The van der Waals surface area contributed by atoms with Crippen LogP contribution in [0.15, 0.2) is 53.6 Å². The summed E-state index contributed by atoms with van der Waals surface area (Å²) in [6.45, 7) is 5.12. The number of benzene rings is 2. The summed E-state index contributed by atoms with van der Waals surface area (Å²) >= 11 is 6.27. The summed E-state index contributed by atoms with van der Waals surface area (Å²) in [6, 6.07) is 16.6. The zero-order valence-corrected chi connectivity index (χ0v) is 15.7. The van der Waals surface area contributed by atoms with Crippen LogP contribution in [0.5, 0.6) is 0 Å². The monoisotopic (exact) mass is 357 g/mol. The highest BCUT2D eigenvalue weighted by Gasteiger charge is 2.19. The van der Waals surface area contributed by atoms with Crippen molar-refractivity contribution in [3.63, 3.8) is 0 Å². The van der Waals surface area contributed by atoms with Gasteiger partial charge in [-0.2, -0.15) is 5.10 Å². The van der Waals surface area contributed by atoms with Crippen molar-refractivity contribution in [3.05, 3.63) is 64.7 Å². The Morgan fingerprint density at radius 3 is 2.40 bits per heavy atom. The molecule has 132 valence electrons. The van der Waals surface area contributed by atoms with Gasteiger partial charge in [0, 0.05) is 30.4 Å². The van der Waals surface area contributed by atoms with E-state index in [0.29, 0.717) is 0 Å². The molecule has 1 N–H and O–H groups in total. The van der Waals surface area contributed by atoms with Crippen LogP contribution in [0.25, 0.3) is 0 Å². The van der Waals surface area contributed by atoms with E-state index in [1.807, 2.05) is 32.4 Å². The van der Waals surface area contributed by atoms with E-state index < -0.39 is 0 Å². The standard InChI is InChI=1S/C20H25ClN4/c1-23(2)19-9-7-17(8-10-19)15-22-25-13-11-24(12-14-25)16-18-5-3-4-6-20(18)21/h3-10,15H,11-14,16H2,1-2H3/p+1/b22-15-. The van der Waals surface area contributed by atoms with Gasteiger partial charge >= 0.3 is 0 Å². The first-order chi connectivity index (χ1) is 12.1. The molecule has 0 amide bonds. The average Bonchev–Trinajstić information content (AvgIpc) is 2.63. The third kappa shape index (κ3) is 4.97. The van der Waals surface area contributed by atoms with E-state index in [-0.39, 0.29) is 0 Å². The highest BCUT2D eigenvalue weighted by Crippen LogP contribution is 2.13. The van der Waals surface area contributed by atoms with E-state index in [4.69, 9.17) is 11.6 Å². The highest BCUT2D eigenvalue weighted by atomic mass is 35.5. The van der Waals surface area contributed by atoms with Crippen LogP contribution < -0.4 is 9.80 Å². The van der Waals surface area contributed by atoms with E-state index in [1.54, 1.807) is 4.90 Å². The second kappa shape index (κ2) is 8.37. The number of rotatable bonds is 5. The summed E-state index contributed by atoms with van der Waals surface area (Å²) in [5.74, 6) is 0. The molecule has 0 atom stereocenters. The lowest BCUT2D eigenvalue weighted by Crippen LogP contribution is -3.13. The van der Waals surface area contributed by atoms with E-state index in [1.165, 1.54) is 11.3 Å². The molecular formula is C20H26ClN4+. The SMILES string of the molecule is CN(C)c1ccc(/C=N\N2CC[NH+](Cc3ccccc3Cl)CC2)cc1. The molecule has 4 nitrogen and oxygen atoms in total. The fraction of sp³-hybridized carbons (Fsp3) is 0.350. The first kappa shape index (κ1) is 17.8. The number of nitrogens with zero attached hydrogens (tertiary/aromatic N) is 3. The first-order valence-corrected chi connectivity index (χ1v) is 9.13. The third-order valence-electron chi connectivity index (χ3n) is 4.62. The number of piperazine rings is 1. The van der Waals surface area contributed by atoms with Crippen molar-refractivity contribution in [2.75, 3.05) is 45.2 Å². The molecule has 0 saturated carbocycles. The summed E-state index contributed by atoms with van der Waals surface area (Å²) in [6.07, 6.45) is 1.96. The maximum absolute atomic E-state index is 6.27. The van der Waals surface area contributed by atoms with Crippen molar-refractivity contribution in [2.24, 2.45) is 5.10 Å². The second-order valence-electron chi connectivity index (χ2n) is 6.70. The van der Waals surface area contributed by atoms with Gasteiger partial charge in [0.25, 0.3) is 0 Å². The Bertz CT molecular complexity index is 704. The van der Waals surface area contributed by atoms with Crippen molar-refractivity contribution < 1.29 is 4.90 Å². The Labute approximate surface area is 155 Å². The van der Waals surface area contributed by atoms with Gasteiger partial charge in [-0.05, 0) is 23.8 Å². The number of hydrogen-bond acceptors (Lipinski definition) is 3. The Hall–Kier alpha value is -2.04. The zero-order chi connectivity index (χ0) is 17.6. The minimum Gasteiger partial charge on any atom is -0.378 e. The smallest absolute Gasteiger partial charge is 0.104 e. The van der Waals surface area contributed by atoms with Gasteiger partial charge in [0.15, 0.2) is 0 Å². The quantitative estimate of drug-likeness (QED) is 0.829. The summed E-state index contributed by atoms with van der Waals surface area (Å²) in [5, 5.41) is 7.68. The number of anilines is 1. The van der Waals surface area contributed by atoms with Crippen LogP contribution in [0.4, 0.5) is 5.69 Å². The minimum absolute atomic E-state index is 0.872. The molecule has 1 aliphatic heterocycles. The van der Waals surface area contributed by atoms with Crippen molar-refractivity contribution in [1.29, 1.82) is 0 Å². The minimum atomic E-state index is 0.872. The molecule has 1 heterocycles. The maximum atomic E-state index is 6.27. The molecule has 0 bridgehead atoms. The topological polar surface area (TPSA) is 23.3 Å². The molecule has 0 aliphatic carbocycles. The second-order valence-corrected chi connectivity index (χ2v) is 7.11. The summed E-state index contributed by atoms with van der Waals surface area (Å²) in [4.78, 5) is 3.66. The molecule has 1 saturated heterocycles. The number of hydrogen-bond donors (Lipinski definition) is 1. The van der Waals surface area contributed by atoms with Gasteiger partial charge in [0.1, 0.15) is 6.54 Å². The maximum Gasteiger partial charge on any atom is 0.104 e. The molecule has 0 radical (unpaired) electrons. The van der Waals surface area contributed by atoms with Crippen LogP contribution in [0.3, 0.4) is 0 Å². The molecule has 0 aromatic heterocycles. The Morgan fingerprint density at radius 1 is 1.08 bits per heavy atom. The van der Waals surface area contributed by atoms with E-state index in [0.717, 1.165) is 43.3 Å². The predicted molar refractivity (Wildman–Crippen MR) is 106 cm³/mol. The van der Waals surface area contributed by atoms with Crippen LogP contribution in [0.1, 0.15) is 11.1 Å². The van der Waals surface area contributed by atoms with E-state index in [2.05, 4.69) is 51.4 Å². The van der Waals surface area contributed by atoms with Crippen molar-refractivity contribution in [3.8, 4) is 0 Å². The Kier molecular flexibility index (Phi) is 5.95. The van der Waals surface area contributed by atoms with Crippen molar-refractivity contribution in [1.82, 2.24) is 5.01 Å². The van der Waals surface area contributed by atoms with Gasteiger partial charge in [-0.25, -0.2) is 0 Å². The summed E-state index contributed by atoms with van der Waals surface area (Å²) in [5.41, 5.74) is 3.57. The summed E-state index contributed by atoms with van der Waals surface area (Å²) < 4.78 is 0. The summed E-state index contributed by atoms with van der Waals surface area (Å²) in [7, 11) is 4.10. The van der Waals surface area contributed by atoms with E-state index >= 15 is 0 Å². The number of nitrogens with one attached hydrogen (secondary N) is 1. The van der Waals surface area contributed by atoms with Gasteiger partial charge in [-0.15, -0.1) is 0 Å².